The van der Waals surface area contributed by atoms with Crippen LogP contribution in [0, 0.1) is 18.8 Å². The van der Waals surface area contributed by atoms with Gasteiger partial charge >= 0.3 is 5.97 Å². The molecule has 4 aromatic rings. The quantitative estimate of drug-likeness (QED) is 0.220. The number of imide groups is 1. The highest BCUT2D eigenvalue weighted by atomic mass is 79.9. The van der Waals surface area contributed by atoms with Gasteiger partial charge in [0.05, 0.1) is 23.1 Å². The summed E-state index contributed by atoms with van der Waals surface area (Å²) in [5.41, 5.74) is 6.39. The van der Waals surface area contributed by atoms with E-state index in [9.17, 15) is 19.2 Å². The predicted molar refractivity (Wildman–Crippen MR) is 160 cm³/mol. The molecule has 8 rings (SSSR count). The van der Waals surface area contributed by atoms with E-state index in [2.05, 4.69) is 45.5 Å². The summed E-state index contributed by atoms with van der Waals surface area (Å²) in [6, 6.07) is 27.8. The second kappa shape index (κ2) is 10.1. The number of nitrogens with one attached hydrogen (secondary N) is 1. The van der Waals surface area contributed by atoms with Crippen molar-refractivity contribution in [1.82, 2.24) is 0 Å². The number of hydrogen-bond acceptors (Lipinski definition) is 5. The zero-order valence-electron chi connectivity index (χ0n) is 22.5. The minimum Gasteiger partial charge on any atom is -0.452 e. The van der Waals surface area contributed by atoms with E-state index >= 15 is 0 Å². The van der Waals surface area contributed by atoms with Crippen LogP contribution in [0.15, 0.2) is 95.5 Å². The first-order chi connectivity index (χ1) is 20.3. The molecule has 4 aliphatic rings. The summed E-state index contributed by atoms with van der Waals surface area (Å²) < 4.78 is 6.18. The molecular weight excluding hydrogens is 596 g/mol. The van der Waals surface area contributed by atoms with Crippen molar-refractivity contribution in [1.29, 1.82) is 0 Å². The van der Waals surface area contributed by atoms with E-state index < -0.39 is 30.3 Å². The molecule has 1 heterocycles. The van der Waals surface area contributed by atoms with E-state index in [1.54, 1.807) is 24.3 Å². The second-order valence-electron chi connectivity index (χ2n) is 10.9. The number of amides is 3. The van der Waals surface area contributed by atoms with E-state index in [1.807, 2.05) is 37.3 Å². The van der Waals surface area contributed by atoms with Crippen LogP contribution in [0.4, 0.5) is 11.4 Å². The predicted octanol–water partition coefficient (Wildman–Crippen LogP) is 5.95. The molecule has 4 aromatic carbocycles. The Balaban J connectivity index is 1.12. The fourth-order valence-electron chi connectivity index (χ4n) is 6.84. The minimum absolute atomic E-state index is 0.143. The van der Waals surface area contributed by atoms with Crippen molar-refractivity contribution < 1.29 is 23.9 Å². The molecule has 3 amide bonds. The molecule has 0 aromatic heterocycles. The highest BCUT2D eigenvalue weighted by Crippen LogP contribution is 2.61. The van der Waals surface area contributed by atoms with Crippen molar-refractivity contribution in [3.8, 4) is 0 Å². The highest BCUT2D eigenvalue weighted by Gasteiger charge is 2.61. The van der Waals surface area contributed by atoms with Crippen molar-refractivity contribution in [2.24, 2.45) is 11.8 Å². The van der Waals surface area contributed by atoms with Crippen LogP contribution < -0.4 is 10.2 Å². The Morgan fingerprint density at radius 2 is 1.36 bits per heavy atom. The fourth-order valence-corrected chi connectivity index (χ4v) is 7.08. The van der Waals surface area contributed by atoms with Crippen molar-refractivity contribution >= 4 is 51.0 Å². The third kappa shape index (κ3) is 4.09. The smallest absolute Gasteiger partial charge is 0.338 e. The molecule has 42 heavy (non-hydrogen) atoms. The number of anilines is 2. The van der Waals surface area contributed by atoms with Gasteiger partial charge in [0.2, 0.25) is 11.8 Å². The lowest BCUT2D eigenvalue weighted by atomic mass is 9.55. The zero-order valence-corrected chi connectivity index (χ0v) is 24.1. The highest BCUT2D eigenvalue weighted by molar-refractivity contribution is 9.10. The van der Waals surface area contributed by atoms with Gasteiger partial charge in [-0.3, -0.25) is 14.4 Å². The molecule has 1 aliphatic heterocycles. The van der Waals surface area contributed by atoms with Crippen LogP contribution in [-0.2, 0) is 19.1 Å². The molecule has 8 heteroatoms. The third-order valence-corrected chi connectivity index (χ3v) is 9.45. The summed E-state index contributed by atoms with van der Waals surface area (Å²) >= 11 is 3.42. The van der Waals surface area contributed by atoms with E-state index in [0.717, 1.165) is 32.3 Å². The van der Waals surface area contributed by atoms with Crippen LogP contribution in [0.2, 0.25) is 0 Å². The van der Waals surface area contributed by atoms with E-state index in [0.29, 0.717) is 11.4 Å². The molecule has 208 valence electrons. The van der Waals surface area contributed by atoms with E-state index in [1.165, 1.54) is 17.0 Å². The summed E-state index contributed by atoms with van der Waals surface area (Å²) in [5, 5.41) is 2.71. The molecule has 0 saturated carbocycles. The van der Waals surface area contributed by atoms with Crippen LogP contribution in [0.25, 0.3) is 0 Å². The van der Waals surface area contributed by atoms with Crippen molar-refractivity contribution in [2.75, 3.05) is 16.8 Å². The van der Waals surface area contributed by atoms with Crippen molar-refractivity contribution in [2.45, 2.75) is 18.8 Å². The molecule has 1 saturated heterocycles. The van der Waals surface area contributed by atoms with Gasteiger partial charge in [0, 0.05) is 22.0 Å². The molecular formula is C34H25BrN2O5. The molecule has 3 aliphatic carbocycles. The van der Waals surface area contributed by atoms with Gasteiger partial charge in [0.15, 0.2) is 6.61 Å². The monoisotopic (exact) mass is 620 g/mol. The van der Waals surface area contributed by atoms with Crippen LogP contribution in [0.3, 0.4) is 0 Å². The van der Waals surface area contributed by atoms with Crippen molar-refractivity contribution in [3.05, 3.63) is 129 Å². The lowest BCUT2D eigenvalue weighted by Gasteiger charge is -2.45. The van der Waals surface area contributed by atoms with Crippen molar-refractivity contribution in [3.63, 3.8) is 0 Å². The summed E-state index contributed by atoms with van der Waals surface area (Å²) in [6.07, 6.45) is 0. The molecule has 2 atom stereocenters. The van der Waals surface area contributed by atoms with Gasteiger partial charge in [0.25, 0.3) is 5.91 Å². The van der Waals surface area contributed by atoms with Gasteiger partial charge in [-0.05, 0) is 71.1 Å². The summed E-state index contributed by atoms with van der Waals surface area (Å²) in [5.74, 6) is -3.20. The summed E-state index contributed by atoms with van der Waals surface area (Å²) in [4.78, 5) is 54.5. The molecule has 2 bridgehead atoms. The Morgan fingerprint density at radius 1 is 0.786 bits per heavy atom. The number of halogens is 1. The zero-order chi connectivity index (χ0) is 29.1. The number of hydrogen-bond donors (Lipinski definition) is 1. The number of benzene rings is 4. The number of carbonyl (C=O) groups excluding carboxylic acids is 4. The number of ether oxygens (including phenoxy) is 1. The number of aryl methyl sites for hydroxylation is 1. The average molecular weight is 621 g/mol. The Morgan fingerprint density at radius 3 is 1.90 bits per heavy atom. The first-order valence-corrected chi connectivity index (χ1v) is 14.5. The maximum atomic E-state index is 14.0. The Kier molecular flexibility index (Phi) is 6.31. The van der Waals surface area contributed by atoms with Gasteiger partial charge in [-0.25, -0.2) is 9.69 Å². The lowest BCUT2D eigenvalue weighted by Crippen LogP contribution is -2.41. The van der Waals surface area contributed by atoms with Gasteiger partial charge in [-0.1, -0.05) is 70.5 Å². The SMILES string of the molecule is Cc1cc(NC(=O)COC(=O)c2cccc(N3C(=O)[C@@H]4C5c6ccccc6C(c6ccccc65)[C@H]4C3=O)c2)ccc1Br. The molecule has 7 nitrogen and oxygen atoms in total. The molecule has 0 unspecified atom stereocenters. The maximum Gasteiger partial charge on any atom is 0.338 e. The van der Waals surface area contributed by atoms with Gasteiger partial charge in [-0.15, -0.1) is 0 Å². The number of nitrogens with zero attached hydrogens (tertiary/aromatic N) is 1. The molecule has 0 radical (unpaired) electrons. The standard InChI is InChI=1S/C34H25BrN2O5/c1-18-15-20(13-14-26(18)35)36-27(38)17-42-34(41)19-7-6-8-21(16-19)37-32(39)30-28-22-9-2-3-10-23(22)29(31(30)33(37)40)25-12-5-4-11-24(25)28/h2-16,28-31H,17H2,1H3,(H,36,38)/t28?,29?,30-,31-/m1/s1. The second-order valence-corrected chi connectivity index (χ2v) is 11.8. The maximum absolute atomic E-state index is 14.0. The Hall–Kier alpha value is -4.56. The number of carbonyl (C=O) groups is 4. The average Bonchev–Trinajstić information content (AvgIpc) is 3.27. The largest absolute Gasteiger partial charge is 0.452 e. The first-order valence-electron chi connectivity index (χ1n) is 13.7. The van der Waals surface area contributed by atoms with E-state index in [-0.39, 0.29) is 29.2 Å². The van der Waals surface area contributed by atoms with E-state index in [4.69, 9.17) is 4.74 Å². The van der Waals surface area contributed by atoms with Gasteiger partial charge in [0.1, 0.15) is 0 Å². The Bertz CT molecular complexity index is 1700. The number of rotatable bonds is 5. The van der Waals surface area contributed by atoms with Crippen LogP contribution >= 0.6 is 15.9 Å². The van der Waals surface area contributed by atoms with Gasteiger partial charge in [-0.2, -0.15) is 0 Å². The Labute approximate surface area is 250 Å². The topological polar surface area (TPSA) is 92.8 Å². The summed E-state index contributed by atoms with van der Waals surface area (Å²) in [6.45, 7) is 1.42. The molecule has 1 fully saturated rings. The van der Waals surface area contributed by atoms with Crippen LogP contribution in [0.5, 0.6) is 0 Å². The molecule has 0 spiro atoms. The summed E-state index contributed by atoms with van der Waals surface area (Å²) in [7, 11) is 0. The third-order valence-electron chi connectivity index (χ3n) is 8.56. The first kappa shape index (κ1) is 26.3. The fraction of sp³-hybridized carbons (Fsp3) is 0.176. The number of esters is 1. The van der Waals surface area contributed by atoms with Crippen LogP contribution in [-0.4, -0.2) is 30.3 Å². The normalized spacial score (nSPS) is 21.4. The molecule has 1 N–H and O–H groups in total. The lowest BCUT2D eigenvalue weighted by molar-refractivity contribution is -0.122. The van der Waals surface area contributed by atoms with Gasteiger partial charge < -0.3 is 10.1 Å². The minimum atomic E-state index is -0.727. The van der Waals surface area contributed by atoms with Crippen LogP contribution in [0.1, 0.15) is 50.0 Å².